The maximum absolute atomic E-state index is 8.25. The average molecular weight is 379 g/mol. The fourth-order valence-electron chi connectivity index (χ4n) is 0. The number of nitrogens with two attached hydrogens (primary N) is 2. The molecule has 0 aromatic carbocycles. The molecule has 0 amide bonds. The summed E-state index contributed by atoms with van der Waals surface area (Å²) in [7, 11) is 0. The number of rotatable bonds is 1. The Morgan fingerprint density at radius 3 is 0.923 bits per heavy atom. The molecular weight excluding hydrogens is 371 g/mol. The van der Waals surface area contributed by atoms with E-state index in [2.05, 4.69) is 0 Å². The van der Waals surface area contributed by atoms with Gasteiger partial charge in [0.1, 0.15) is 0 Å². The van der Waals surface area contributed by atoms with Crippen molar-refractivity contribution in [2.75, 3.05) is 13.1 Å². The van der Waals surface area contributed by atoms with E-state index in [1.807, 2.05) is 0 Å². The molecule has 11 heteroatoms. The van der Waals surface area contributed by atoms with Gasteiger partial charge in [-0.3, -0.25) is 0 Å². The van der Waals surface area contributed by atoms with Crippen LogP contribution in [0.15, 0.2) is 0 Å². The van der Waals surface area contributed by atoms with Gasteiger partial charge in [-0.15, -0.1) is 0 Å². The molecule has 0 saturated heterocycles. The van der Waals surface area contributed by atoms with Crippen LogP contribution in [0.5, 0.6) is 0 Å². The number of hydrogen-bond acceptors (Lipinski definition) is 8. The molecular formula is C2H8N4O6Pt. The first-order valence-electron chi connectivity index (χ1n) is 2.41. The molecule has 4 N–H and O–H groups in total. The van der Waals surface area contributed by atoms with Crippen molar-refractivity contribution in [1.29, 1.82) is 0 Å². The van der Waals surface area contributed by atoms with Gasteiger partial charge >= 0.3 is 21.1 Å². The van der Waals surface area contributed by atoms with Gasteiger partial charge in [0, 0.05) is 13.1 Å². The first-order chi connectivity index (χ1) is 5.38. The van der Waals surface area contributed by atoms with E-state index in [-0.39, 0.29) is 21.1 Å². The Balaban J connectivity index is -0.0000000450. The molecule has 13 heavy (non-hydrogen) atoms. The van der Waals surface area contributed by atoms with Gasteiger partial charge in [0.15, 0.2) is 0 Å². The monoisotopic (exact) mass is 379 g/mol. The van der Waals surface area contributed by atoms with E-state index in [0.29, 0.717) is 13.1 Å². The molecule has 0 aliphatic rings. The van der Waals surface area contributed by atoms with E-state index in [0.717, 1.165) is 0 Å². The molecule has 0 aliphatic heterocycles. The Hall–Kier alpha value is -0.992. The molecule has 0 aliphatic carbocycles. The Morgan fingerprint density at radius 2 is 0.923 bits per heavy atom. The molecule has 0 radical (unpaired) electrons. The van der Waals surface area contributed by atoms with Crippen molar-refractivity contribution in [3.05, 3.63) is 30.6 Å². The zero-order valence-electron chi connectivity index (χ0n) is 6.23. The van der Waals surface area contributed by atoms with Crippen molar-refractivity contribution >= 4 is 0 Å². The molecule has 10 nitrogen and oxygen atoms in total. The molecule has 0 spiro atoms. The second kappa shape index (κ2) is 22.4. The van der Waals surface area contributed by atoms with Crippen LogP contribution in [0.4, 0.5) is 0 Å². The van der Waals surface area contributed by atoms with Gasteiger partial charge in [0.2, 0.25) is 0 Å². The molecule has 0 aromatic heterocycles. The van der Waals surface area contributed by atoms with Crippen molar-refractivity contribution in [1.82, 2.24) is 0 Å². The first-order valence-corrected chi connectivity index (χ1v) is 2.41. The van der Waals surface area contributed by atoms with E-state index >= 15 is 0 Å². The predicted octanol–water partition coefficient (Wildman–Crippen LogP) is -1.58. The SMILES string of the molecule is NCCN.O=[N+]([O-])[O-].O=[N+]([O-])[O-].[Pt+2]. The molecule has 0 heterocycles. The van der Waals surface area contributed by atoms with Crippen LogP contribution in [0.2, 0.25) is 0 Å². The quantitative estimate of drug-likeness (QED) is 0.404. The second-order valence-electron chi connectivity index (χ2n) is 1.02. The van der Waals surface area contributed by atoms with Gasteiger partial charge in [-0.05, 0) is 0 Å². The summed E-state index contributed by atoms with van der Waals surface area (Å²) < 4.78 is 0. The van der Waals surface area contributed by atoms with Crippen LogP contribution in [-0.2, 0) is 21.1 Å². The molecule has 0 unspecified atom stereocenters. The second-order valence-corrected chi connectivity index (χ2v) is 1.02. The van der Waals surface area contributed by atoms with E-state index in [4.69, 9.17) is 42.1 Å². The summed E-state index contributed by atoms with van der Waals surface area (Å²) >= 11 is 0. The minimum absolute atomic E-state index is 0. The van der Waals surface area contributed by atoms with E-state index in [1.165, 1.54) is 0 Å². The van der Waals surface area contributed by atoms with E-state index < -0.39 is 10.2 Å². The molecule has 0 atom stereocenters. The molecule has 0 rings (SSSR count). The van der Waals surface area contributed by atoms with Gasteiger partial charge in [0.25, 0.3) is 0 Å². The Morgan fingerprint density at radius 1 is 0.846 bits per heavy atom. The van der Waals surface area contributed by atoms with Gasteiger partial charge in [-0.25, -0.2) is 0 Å². The summed E-state index contributed by atoms with van der Waals surface area (Å²) in [5.74, 6) is 0. The van der Waals surface area contributed by atoms with Crippen LogP contribution < -0.4 is 11.5 Å². The van der Waals surface area contributed by atoms with Crippen molar-refractivity contribution in [2.45, 2.75) is 0 Å². The Bertz CT molecular complexity index is 99.2. The molecule has 0 aromatic rings. The fraction of sp³-hybridized carbons (Fsp3) is 1.00. The Kier molecular flexibility index (Phi) is 39.2. The summed E-state index contributed by atoms with van der Waals surface area (Å²) in [6.07, 6.45) is 0. The zero-order chi connectivity index (χ0) is 10.6. The van der Waals surface area contributed by atoms with Crippen LogP contribution in [-0.4, -0.2) is 23.3 Å². The third-order valence-corrected chi connectivity index (χ3v) is 0.167. The summed E-state index contributed by atoms with van der Waals surface area (Å²) in [4.78, 5) is 16.5. The van der Waals surface area contributed by atoms with Gasteiger partial charge in [0.05, 0.1) is 10.2 Å². The minimum atomic E-state index is -1.75. The first kappa shape index (κ1) is 22.7. The van der Waals surface area contributed by atoms with E-state index in [9.17, 15) is 0 Å². The topological polar surface area (TPSA) is 184 Å². The maximum Gasteiger partial charge on any atom is 2.00 e. The van der Waals surface area contributed by atoms with E-state index in [1.54, 1.807) is 0 Å². The molecule has 82 valence electrons. The van der Waals surface area contributed by atoms with Crippen LogP contribution in [0.3, 0.4) is 0 Å². The molecule has 0 fully saturated rings. The van der Waals surface area contributed by atoms with Gasteiger partial charge < -0.3 is 42.1 Å². The Labute approximate surface area is 87.0 Å². The number of nitrogens with zero attached hydrogens (tertiary/aromatic N) is 2. The van der Waals surface area contributed by atoms with Gasteiger partial charge in [-0.1, -0.05) is 0 Å². The normalized spacial score (nSPS) is 6.00. The summed E-state index contributed by atoms with van der Waals surface area (Å²) in [5, 5.41) is 29.5. The predicted molar refractivity (Wildman–Crippen MR) is 38.8 cm³/mol. The zero-order valence-corrected chi connectivity index (χ0v) is 8.50. The summed E-state index contributed by atoms with van der Waals surface area (Å²) in [5.41, 5.74) is 9.81. The van der Waals surface area contributed by atoms with Crippen molar-refractivity contribution in [2.24, 2.45) is 11.5 Å². The van der Waals surface area contributed by atoms with Gasteiger partial charge in [-0.2, -0.15) is 0 Å². The third kappa shape index (κ3) is 12900000. The maximum atomic E-state index is 8.25. The van der Waals surface area contributed by atoms with Crippen LogP contribution in [0.1, 0.15) is 0 Å². The number of hydrogen-bond donors (Lipinski definition) is 2. The average Bonchev–Trinajstić information content (AvgIpc) is 1.85. The smallest absolute Gasteiger partial charge is 0.356 e. The summed E-state index contributed by atoms with van der Waals surface area (Å²) in [6.45, 7) is 1.19. The van der Waals surface area contributed by atoms with Crippen molar-refractivity contribution < 1.29 is 31.2 Å². The van der Waals surface area contributed by atoms with Crippen molar-refractivity contribution in [3.8, 4) is 0 Å². The van der Waals surface area contributed by atoms with Crippen LogP contribution in [0.25, 0.3) is 0 Å². The molecule has 0 bridgehead atoms. The largest absolute Gasteiger partial charge is 2.00 e. The minimum Gasteiger partial charge on any atom is -0.356 e. The van der Waals surface area contributed by atoms with Crippen molar-refractivity contribution in [3.63, 3.8) is 0 Å². The third-order valence-electron chi connectivity index (χ3n) is 0.167. The fourth-order valence-corrected chi connectivity index (χ4v) is 0. The summed E-state index contributed by atoms with van der Waals surface area (Å²) in [6, 6.07) is 0. The standard InChI is InChI=1S/C2H8N2.2NO3.Pt/c3-1-2-4;2*2-1(3)4;/h1-4H2;;;/q;2*-1;+2. The van der Waals surface area contributed by atoms with Crippen LogP contribution in [0, 0.1) is 30.6 Å². The molecule has 0 saturated carbocycles. The van der Waals surface area contributed by atoms with Crippen LogP contribution >= 0.6 is 0 Å².